The average molecular weight is 2110 g/mol. The summed E-state index contributed by atoms with van der Waals surface area (Å²) in [6, 6.07) is 0. The van der Waals surface area contributed by atoms with Gasteiger partial charge in [-0.25, -0.2) is 0 Å². The fourth-order valence-electron chi connectivity index (χ4n) is 23.7. The molecule has 9 aliphatic carbocycles. The maximum Gasteiger partial charge on any atom is 0.313 e. The van der Waals surface area contributed by atoms with Crippen LogP contribution in [0.1, 0.15) is 338 Å². The number of carbonyl (C=O) groups excluding carboxylic acids is 17. The predicted molar refractivity (Wildman–Crippen MR) is 545 cm³/mol. The minimum Gasteiger partial charge on any atom is -0.469 e. The molecule has 0 spiro atoms. The summed E-state index contributed by atoms with van der Waals surface area (Å²) in [6.45, 7) is 40.9. The highest BCUT2D eigenvalue weighted by Gasteiger charge is 2.77. The molecule has 19 rings (SSSR count). The lowest BCUT2D eigenvalue weighted by molar-refractivity contribution is -0.176. The lowest BCUT2D eigenvalue weighted by atomic mass is 9.78. The zero-order chi connectivity index (χ0) is 99.8. The number of rotatable bonds is 25. The van der Waals surface area contributed by atoms with Gasteiger partial charge in [0.05, 0.1) is 113 Å². The van der Waals surface area contributed by atoms with Gasteiger partial charge in [0.25, 0.3) is 0 Å². The van der Waals surface area contributed by atoms with Crippen LogP contribution in [0.3, 0.4) is 0 Å². The first-order valence-corrected chi connectivity index (χ1v) is 49.2. The molecule has 148 heavy (non-hydrogen) atoms. The third-order valence-electron chi connectivity index (χ3n) is 34.0. The lowest BCUT2D eigenvalue weighted by Crippen LogP contribution is -2.49. The van der Waals surface area contributed by atoms with Gasteiger partial charge in [0, 0.05) is 47.3 Å². The quantitative estimate of drug-likeness (QED) is 0.0605. The summed E-state index contributed by atoms with van der Waals surface area (Å²) >= 11 is 0. The van der Waals surface area contributed by atoms with Crippen LogP contribution >= 0.6 is 0 Å². The van der Waals surface area contributed by atoms with E-state index in [1.807, 2.05) is 111 Å². The zero-order valence-electron chi connectivity index (χ0n) is 82.8. The second-order valence-electron chi connectivity index (χ2n) is 45.3. The summed E-state index contributed by atoms with van der Waals surface area (Å²) in [5.74, 6) is -12.4. The van der Waals surface area contributed by atoms with Gasteiger partial charge in [-0.1, -0.05) is 131 Å². The molecule has 12 bridgehead atoms. The number of hydrogen-bond acceptors (Lipinski definition) is 36. The Hall–Kier alpha value is -9.09. The Morgan fingerprint density at radius 1 is 0.270 bits per heavy atom. The van der Waals surface area contributed by atoms with Crippen LogP contribution in [-0.4, -0.2) is 232 Å². The van der Waals surface area contributed by atoms with E-state index in [1.54, 1.807) is 41.5 Å². The van der Waals surface area contributed by atoms with Crippen LogP contribution in [0.2, 0.25) is 0 Å². The molecule has 10 aliphatic heterocycles. The Morgan fingerprint density at radius 2 is 0.541 bits per heavy atom. The number of ether oxygens (including phenoxy) is 19. The second kappa shape index (κ2) is 50.2. The fraction of sp³-hybridized carbons (Fsp3) is 0.848. The smallest absolute Gasteiger partial charge is 0.313 e. The van der Waals surface area contributed by atoms with Gasteiger partial charge in [-0.3, -0.25) is 81.5 Å². The van der Waals surface area contributed by atoms with Crippen molar-refractivity contribution in [3.63, 3.8) is 0 Å². The van der Waals surface area contributed by atoms with Crippen molar-refractivity contribution in [2.45, 2.75) is 447 Å². The Kier molecular flexibility index (Phi) is 45.8. The van der Waals surface area contributed by atoms with Crippen LogP contribution in [0.25, 0.3) is 0 Å². The Labute approximate surface area is 881 Å². The topological polar surface area (TPSA) is 466 Å². The third kappa shape index (κ3) is 24.1. The van der Waals surface area contributed by atoms with Gasteiger partial charge in [0.2, 0.25) is 0 Å². The number of fused-ring (bicyclic) bond motifs is 6. The standard InChI is InChI=1S/C20H28O6.C19H28O6.C17H24O6.C16H22O6.C15H20O7.C13H18O5.12CH4/c1-4-20(2,3)19(23)26-16-12-9-11-14(18(22)25-15(11)16)13(12)17(21)24-10-7-5-6-8-10;1-7-19(5,6)17(22)24-14-10-8-9-11(15(20)23-13(9)14)12(10)16(21)25-18(2,3)4;1-5-17(3,4)16(20)23-13-8-7-9-11(15(19)22-12(9)13)10(8)14(18)21-6-2;1-5-16(2,3)15(19)22-12-7-6-8-10(9(7)13(17)20-4)14(18)21-11(8)12;1-5-15(2,3)14(18)22-11-8-6(12(16)19-4)7-9(20-8)10(11)21-13(7)17;1-4-13(2,3)12(15)18-9-7-5-6-8(16-7)10(9)17-11(6)14;;;;;;;;;;;;/h10-16H,4-9H2,1-3H3;9-14H,7-8H2,1-6H3;8-13H,5-7H2,1-4H3;7-12H,5-6H2,1-4H3;6-11H,5H2,1-4H3;6-10H,4-5H2,1-3H3;12*1H4. The largest absolute Gasteiger partial charge is 0.469 e. The summed E-state index contributed by atoms with van der Waals surface area (Å²) in [4.78, 5) is 208. The van der Waals surface area contributed by atoms with Crippen LogP contribution in [0.4, 0.5) is 0 Å². The predicted octanol–water partition coefficient (Wildman–Crippen LogP) is 17.3. The Balaban J connectivity index is 0.000000592. The third-order valence-corrected chi connectivity index (χ3v) is 34.0. The maximum atomic E-state index is 12.8. The molecule has 36 nitrogen and oxygen atoms in total. The monoisotopic (exact) mass is 2110 g/mol. The number of carbonyl (C=O) groups is 17. The van der Waals surface area contributed by atoms with E-state index in [-0.39, 0.29) is 245 Å². The molecule has 10 saturated heterocycles. The number of hydrogen-bond donors (Lipinski definition) is 0. The van der Waals surface area contributed by atoms with Crippen molar-refractivity contribution in [1.29, 1.82) is 0 Å². The summed E-state index contributed by atoms with van der Waals surface area (Å²) in [7, 11) is 2.57. The van der Waals surface area contributed by atoms with Crippen LogP contribution in [0.5, 0.6) is 0 Å². The van der Waals surface area contributed by atoms with Crippen molar-refractivity contribution in [3.05, 3.63) is 0 Å². The molecule has 852 valence electrons. The normalized spacial score (nSPS) is 35.3. The molecule has 36 heteroatoms. The fourth-order valence-corrected chi connectivity index (χ4v) is 23.7. The molecular formula is C112H188O36. The van der Waals surface area contributed by atoms with E-state index in [1.165, 1.54) is 14.2 Å². The Morgan fingerprint density at radius 3 is 0.851 bits per heavy atom. The minimum absolute atomic E-state index is 0. The van der Waals surface area contributed by atoms with Crippen LogP contribution in [0.15, 0.2) is 0 Å². The number of esters is 17. The molecule has 19 aliphatic rings. The summed E-state index contributed by atoms with van der Waals surface area (Å²) in [6.07, 6.45) is 3.61. The highest BCUT2D eigenvalue weighted by Crippen LogP contribution is 2.64. The molecule has 10 heterocycles. The van der Waals surface area contributed by atoms with E-state index in [0.717, 1.165) is 25.7 Å². The van der Waals surface area contributed by atoms with E-state index in [4.69, 9.17) is 90.0 Å². The van der Waals surface area contributed by atoms with Crippen molar-refractivity contribution in [2.24, 2.45) is 145 Å². The van der Waals surface area contributed by atoms with Crippen molar-refractivity contribution < 1.29 is 172 Å². The number of methoxy groups -OCH3 is 2. The minimum atomic E-state index is -0.774. The molecule has 0 aromatic carbocycles. The SMILES string of the molecule is C.C.C.C.C.C.C.C.C.C.C.C.CCC(C)(C)C(=O)OC1C2CC3C(=O)OC1C3O2.CCC(C)(C)C(=O)OC1C2CC3C1OC(=O)C3C2C(=O)OC.CCC(C)(C)C(=O)OC1C2CC3C1OC(=O)C3C2C(=O)OC(C)(C)C.CCC(C)(C)C(=O)OC1C2CC3C1OC(=O)C3C2C(=O)OC1CCCC1.CCC(C)(C)C(=O)OC1C2OC(=O)C3C2OC1C3C(=O)OC.CCOC(=O)C1C2CC3C(OC(=O)C31)C2OC(=O)C(C)(C)CC. The first-order valence-electron chi connectivity index (χ1n) is 49.2. The molecule has 0 amide bonds. The first kappa shape index (κ1) is 135. The van der Waals surface area contributed by atoms with Gasteiger partial charge < -0.3 is 90.0 Å². The van der Waals surface area contributed by atoms with E-state index >= 15 is 0 Å². The average Bonchev–Trinajstić information content (AvgIpc) is 1.54. The highest BCUT2D eigenvalue weighted by atomic mass is 16.7. The van der Waals surface area contributed by atoms with Crippen molar-refractivity contribution in [1.82, 2.24) is 0 Å². The summed E-state index contributed by atoms with van der Waals surface area (Å²) in [5, 5.41) is 0. The lowest BCUT2D eigenvalue weighted by Gasteiger charge is -2.33. The van der Waals surface area contributed by atoms with Crippen molar-refractivity contribution in [3.8, 4) is 0 Å². The summed E-state index contributed by atoms with van der Waals surface area (Å²) < 4.78 is 104. The van der Waals surface area contributed by atoms with Gasteiger partial charge in [-0.05, 0) is 207 Å². The molecule has 0 N–H and O–H groups in total. The van der Waals surface area contributed by atoms with Crippen LogP contribution < -0.4 is 0 Å². The van der Waals surface area contributed by atoms with E-state index in [9.17, 15) is 81.5 Å². The summed E-state index contributed by atoms with van der Waals surface area (Å²) in [5.41, 5.74) is -4.17. The van der Waals surface area contributed by atoms with Crippen LogP contribution in [-0.2, 0) is 172 Å². The van der Waals surface area contributed by atoms with Gasteiger partial charge in [0.1, 0.15) is 90.7 Å². The molecule has 9 saturated carbocycles. The van der Waals surface area contributed by atoms with Crippen LogP contribution in [0, 0.1) is 145 Å². The van der Waals surface area contributed by atoms with Crippen molar-refractivity contribution >= 4 is 101 Å². The highest BCUT2D eigenvalue weighted by molar-refractivity contribution is 5.91. The van der Waals surface area contributed by atoms with Crippen molar-refractivity contribution in [2.75, 3.05) is 20.8 Å². The van der Waals surface area contributed by atoms with Gasteiger partial charge >= 0.3 is 101 Å². The molecule has 19 fully saturated rings. The zero-order valence-corrected chi connectivity index (χ0v) is 82.8. The maximum absolute atomic E-state index is 12.8. The van der Waals surface area contributed by atoms with Gasteiger partial charge in [-0.2, -0.15) is 0 Å². The first-order chi connectivity index (χ1) is 63.7. The van der Waals surface area contributed by atoms with Gasteiger partial charge in [0.15, 0.2) is 24.4 Å². The molecule has 35 unspecified atom stereocenters. The Bertz CT molecular complexity index is 4600. The second-order valence-corrected chi connectivity index (χ2v) is 45.3. The van der Waals surface area contributed by atoms with E-state index in [2.05, 4.69) is 0 Å². The molecular weight excluding hydrogens is 1920 g/mol. The molecule has 0 aromatic heterocycles. The van der Waals surface area contributed by atoms with E-state index in [0.29, 0.717) is 70.6 Å². The molecule has 0 aromatic rings. The van der Waals surface area contributed by atoms with Gasteiger partial charge in [-0.15, -0.1) is 0 Å². The molecule has 35 atom stereocenters. The molecule has 0 radical (unpaired) electrons. The van der Waals surface area contributed by atoms with E-state index < -0.39 is 207 Å².